The highest BCUT2D eigenvalue weighted by Crippen LogP contribution is 2.63. The van der Waals surface area contributed by atoms with Crippen LogP contribution in [-0.2, 0) is 16.6 Å². The number of nitrogens with zero attached hydrogens (tertiary/aromatic N) is 1. The minimum absolute atomic E-state index is 0.153. The molecular formula is C23H29NO7S. The molecule has 9 heteroatoms. The van der Waals surface area contributed by atoms with Crippen molar-refractivity contribution in [3.8, 4) is 11.5 Å². The van der Waals surface area contributed by atoms with Crippen LogP contribution in [0.2, 0.25) is 0 Å². The van der Waals surface area contributed by atoms with Crippen LogP contribution in [-0.4, -0.2) is 97.9 Å². The van der Waals surface area contributed by atoms with Gasteiger partial charge < -0.3 is 39.9 Å². The molecule has 1 spiro atoms. The Labute approximate surface area is 190 Å². The summed E-state index contributed by atoms with van der Waals surface area (Å²) >= 11 is 1.34. The number of aliphatic hydroxyl groups excluding tert-OH is 4. The van der Waals surface area contributed by atoms with Gasteiger partial charge in [0.15, 0.2) is 11.5 Å². The molecule has 5 aliphatic rings. The van der Waals surface area contributed by atoms with E-state index in [4.69, 9.17) is 9.47 Å². The molecule has 3 heterocycles. The first-order valence-corrected chi connectivity index (χ1v) is 12.2. The van der Waals surface area contributed by atoms with E-state index in [0.717, 1.165) is 24.9 Å². The highest BCUT2D eigenvalue weighted by Gasteiger charge is 2.64. The predicted octanol–water partition coefficient (Wildman–Crippen LogP) is -0.261. The number of ether oxygens (including phenoxy) is 2. The Balaban J connectivity index is 1.38. The highest BCUT2D eigenvalue weighted by atomic mass is 32.2. The van der Waals surface area contributed by atoms with E-state index in [0.29, 0.717) is 11.8 Å². The summed E-state index contributed by atoms with van der Waals surface area (Å²) in [6.45, 7) is 0.478. The zero-order valence-corrected chi connectivity index (χ0v) is 18.6. The Kier molecular flexibility index (Phi) is 4.86. The van der Waals surface area contributed by atoms with Crippen LogP contribution in [0, 0.1) is 5.92 Å². The molecule has 1 aromatic carbocycles. The number of aromatic hydroxyl groups is 1. The zero-order chi connectivity index (χ0) is 22.4. The summed E-state index contributed by atoms with van der Waals surface area (Å²) < 4.78 is 12.3. The van der Waals surface area contributed by atoms with Crippen LogP contribution < -0.4 is 4.74 Å². The van der Waals surface area contributed by atoms with Crippen LogP contribution >= 0.6 is 11.8 Å². The van der Waals surface area contributed by atoms with Gasteiger partial charge in [-0.05, 0) is 38.1 Å². The van der Waals surface area contributed by atoms with Crippen LogP contribution in [0.25, 0.3) is 0 Å². The Bertz CT molecular complexity index is 957. The van der Waals surface area contributed by atoms with Crippen molar-refractivity contribution in [3.05, 3.63) is 35.4 Å². The van der Waals surface area contributed by atoms with Crippen LogP contribution in [0.3, 0.4) is 0 Å². The van der Waals surface area contributed by atoms with Gasteiger partial charge in [0.25, 0.3) is 0 Å². The number of piperidine rings is 1. The molecule has 1 aromatic rings. The number of likely N-dealkylation sites (tertiary alicyclic amines) is 1. The quantitative estimate of drug-likeness (QED) is 0.386. The lowest BCUT2D eigenvalue weighted by Crippen LogP contribution is -2.65. The molecule has 2 saturated heterocycles. The summed E-state index contributed by atoms with van der Waals surface area (Å²) in [5.41, 5.74) is 1.25. The summed E-state index contributed by atoms with van der Waals surface area (Å²) in [6.07, 6.45) is 0.880. The van der Waals surface area contributed by atoms with Gasteiger partial charge in [-0.2, -0.15) is 0 Å². The molecule has 5 unspecified atom stereocenters. The van der Waals surface area contributed by atoms with Crippen molar-refractivity contribution < 1.29 is 35.0 Å². The van der Waals surface area contributed by atoms with E-state index in [-0.39, 0.29) is 28.4 Å². The first kappa shape index (κ1) is 21.2. The highest BCUT2D eigenvalue weighted by molar-refractivity contribution is 8.00. The lowest BCUT2D eigenvalue weighted by Gasteiger charge is -2.57. The maximum absolute atomic E-state index is 10.6. The van der Waals surface area contributed by atoms with Gasteiger partial charge in [-0.25, -0.2) is 0 Å². The maximum Gasteiger partial charge on any atom is 0.165 e. The molecule has 2 bridgehead atoms. The summed E-state index contributed by atoms with van der Waals surface area (Å²) in [5.74, 6) is 0.984. The molecule has 5 N–H and O–H groups in total. The van der Waals surface area contributed by atoms with Crippen molar-refractivity contribution in [1.29, 1.82) is 0 Å². The van der Waals surface area contributed by atoms with Gasteiger partial charge in [-0.1, -0.05) is 18.2 Å². The second kappa shape index (κ2) is 7.33. The number of phenolic OH excluding ortho intramolecular Hbond substituents is 1. The molecule has 2 aliphatic carbocycles. The van der Waals surface area contributed by atoms with E-state index < -0.39 is 36.5 Å². The fraction of sp³-hybridized carbons (Fsp3) is 0.652. The maximum atomic E-state index is 10.6. The van der Waals surface area contributed by atoms with E-state index >= 15 is 0 Å². The summed E-state index contributed by atoms with van der Waals surface area (Å²) in [6, 6.07) is 4.08. The van der Waals surface area contributed by atoms with E-state index in [9.17, 15) is 25.5 Å². The molecule has 32 heavy (non-hydrogen) atoms. The van der Waals surface area contributed by atoms with E-state index in [1.807, 2.05) is 6.07 Å². The van der Waals surface area contributed by atoms with Gasteiger partial charge in [0.2, 0.25) is 0 Å². The number of aliphatic hydroxyl groups is 4. The number of hydrogen-bond acceptors (Lipinski definition) is 9. The van der Waals surface area contributed by atoms with Crippen LogP contribution in [0.15, 0.2) is 24.3 Å². The molecule has 2 fully saturated rings. The lowest BCUT2D eigenvalue weighted by atomic mass is 9.53. The van der Waals surface area contributed by atoms with Crippen molar-refractivity contribution in [2.24, 2.45) is 5.92 Å². The Morgan fingerprint density at radius 3 is 2.75 bits per heavy atom. The fourth-order valence-electron chi connectivity index (χ4n) is 6.67. The molecule has 6 rings (SSSR count). The minimum Gasteiger partial charge on any atom is -0.504 e. The van der Waals surface area contributed by atoms with E-state index in [2.05, 4.69) is 24.1 Å². The van der Waals surface area contributed by atoms with E-state index in [1.54, 1.807) is 6.07 Å². The minimum atomic E-state index is -1.41. The average molecular weight is 464 g/mol. The molecule has 174 valence electrons. The number of likely N-dealkylation sites (N-methyl/N-ethyl adjacent to an activating group) is 1. The number of rotatable bonds is 3. The third-order valence-corrected chi connectivity index (χ3v) is 9.65. The third kappa shape index (κ3) is 2.67. The topological polar surface area (TPSA) is 123 Å². The number of hydrogen-bond donors (Lipinski definition) is 5. The largest absolute Gasteiger partial charge is 0.504 e. The molecule has 0 radical (unpaired) electrons. The van der Waals surface area contributed by atoms with Crippen molar-refractivity contribution in [1.82, 2.24) is 4.90 Å². The Hall–Kier alpha value is -1.33. The van der Waals surface area contributed by atoms with Crippen LogP contribution in [0.5, 0.6) is 11.5 Å². The first-order chi connectivity index (χ1) is 15.4. The second-order valence-corrected chi connectivity index (χ2v) is 11.0. The van der Waals surface area contributed by atoms with Crippen LogP contribution in [0.1, 0.15) is 17.5 Å². The van der Waals surface area contributed by atoms with Crippen molar-refractivity contribution in [2.45, 2.75) is 65.5 Å². The Morgan fingerprint density at radius 1 is 1.16 bits per heavy atom. The summed E-state index contributed by atoms with van der Waals surface area (Å²) in [4.78, 5) is 2.41. The molecule has 10 atom stereocenters. The average Bonchev–Trinajstić information content (AvgIpc) is 3.14. The monoisotopic (exact) mass is 463 g/mol. The van der Waals surface area contributed by atoms with Gasteiger partial charge in [0.1, 0.15) is 36.0 Å². The standard InChI is InChI=1S/C23H29NO7S/c1-24-7-6-23-11-3-5-15(32-22-19(29)18(28)17(27)14(9-25)30-22)21(23)31-20-13(26)4-2-10(16(20)23)8-12(11)24/h2-5,11-12,14-15,17-19,21-22,25-29H,6-9H2,1H3/t11?,12?,14-,15?,17-,18+,19-,21?,22+,23?/m1/s1. The van der Waals surface area contributed by atoms with Crippen LogP contribution in [0.4, 0.5) is 0 Å². The summed E-state index contributed by atoms with van der Waals surface area (Å²) in [7, 11) is 2.16. The predicted molar refractivity (Wildman–Crippen MR) is 117 cm³/mol. The first-order valence-electron chi connectivity index (χ1n) is 11.2. The van der Waals surface area contributed by atoms with Gasteiger partial charge in [-0.3, -0.25) is 0 Å². The summed E-state index contributed by atoms with van der Waals surface area (Å²) in [5, 5.41) is 50.9. The Morgan fingerprint density at radius 2 is 1.97 bits per heavy atom. The molecular weight excluding hydrogens is 434 g/mol. The van der Waals surface area contributed by atoms with Crippen molar-refractivity contribution in [3.63, 3.8) is 0 Å². The van der Waals surface area contributed by atoms with Gasteiger partial charge >= 0.3 is 0 Å². The van der Waals surface area contributed by atoms with Crippen molar-refractivity contribution >= 4 is 11.8 Å². The number of thioether (sulfide) groups is 1. The number of phenols is 1. The third-order valence-electron chi connectivity index (χ3n) is 8.27. The normalized spacial score (nSPS) is 46.6. The van der Waals surface area contributed by atoms with Gasteiger partial charge in [-0.15, -0.1) is 11.8 Å². The SMILES string of the molecule is CN1CCC23c4c5ccc(O)c4OC2C(S[C@@H]2O[C@H](CO)[C@@H](O)[C@H](O)[C@H]2O)C=CC3C1C5. The molecule has 8 nitrogen and oxygen atoms in total. The number of benzene rings is 1. The lowest BCUT2D eigenvalue weighted by molar-refractivity contribution is -0.205. The molecule has 0 aromatic heterocycles. The smallest absolute Gasteiger partial charge is 0.165 e. The van der Waals surface area contributed by atoms with Gasteiger partial charge in [0.05, 0.1) is 11.9 Å². The van der Waals surface area contributed by atoms with Crippen molar-refractivity contribution in [2.75, 3.05) is 20.2 Å². The zero-order valence-electron chi connectivity index (χ0n) is 17.7. The fourth-order valence-corrected chi connectivity index (χ4v) is 8.13. The molecule has 3 aliphatic heterocycles. The molecule has 0 amide bonds. The second-order valence-electron chi connectivity index (χ2n) is 9.74. The van der Waals surface area contributed by atoms with E-state index in [1.165, 1.54) is 17.3 Å². The molecule has 0 saturated carbocycles. The van der Waals surface area contributed by atoms with Gasteiger partial charge in [0, 0.05) is 22.9 Å².